The average Bonchev–Trinajstić information content (AvgIpc) is 2.36. The van der Waals surface area contributed by atoms with Crippen LogP contribution in [-0.2, 0) is 14.3 Å². The lowest BCUT2D eigenvalue weighted by molar-refractivity contribution is -0.142. The van der Waals surface area contributed by atoms with Crippen molar-refractivity contribution in [3.63, 3.8) is 0 Å². The third kappa shape index (κ3) is 4.65. The van der Waals surface area contributed by atoms with Gasteiger partial charge in [-0.3, -0.25) is 9.59 Å². The molecule has 1 rings (SSSR count). The first-order chi connectivity index (χ1) is 8.13. The van der Waals surface area contributed by atoms with Gasteiger partial charge in [0.15, 0.2) is 0 Å². The van der Waals surface area contributed by atoms with Crippen LogP contribution in [0, 0.1) is 0 Å². The molecule has 0 aliphatic carbocycles. The molecule has 3 N–H and O–H groups in total. The highest BCUT2D eigenvalue weighted by atomic mass is 16.5. The number of esters is 1. The van der Waals surface area contributed by atoms with Crippen LogP contribution in [0.1, 0.15) is 12.8 Å². The zero-order chi connectivity index (χ0) is 12.7. The van der Waals surface area contributed by atoms with Crippen molar-refractivity contribution >= 4 is 17.6 Å². The van der Waals surface area contributed by atoms with Gasteiger partial charge in [0.25, 0.3) is 0 Å². The molecule has 0 saturated heterocycles. The molecule has 17 heavy (non-hydrogen) atoms. The van der Waals surface area contributed by atoms with Crippen LogP contribution in [0.25, 0.3) is 0 Å². The van der Waals surface area contributed by atoms with Crippen molar-refractivity contribution in [2.75, 3.05) is 12.4 Å². The lowest BCUT2D eigenvalue weighted by Crippen LogP contribution is -2.32. The quantitative estimate of drug-likeness (QED) is 0.744. The first kappa shape index (κ1) is 13.2. The van der Waals surface area contributed by atoms with Crippen LogP contribution in [0.5, 0.6) is 0 Å². The van der Waals surface area contributed by atoms with Gasteiger partial charge in [-0.2, -0.15) is 0 Å². The van der Waals surface area contributed by atoms with Crippen LogP contribution < -0.4 is 11.1 Å². The molecule has 0 bridgehead atoms. The predicted molar refractivity (Wildman–Crippen MR) is 64.3 cm³/mol. The molecule has 0 aliphatic rings. The Morgan fingerprint density at radius 2 is 2.00 bits per heavy atom. The van der Waals surface area contributed by atoms with E-state index in [-0.39, 0.29) is 18.7 Å². The zero-order valence-corrected chi connectivity index (χ0v) is 9.68. The SMILES string of the molecule is COC(=O)C(N)CCC(=O)Nc1ccccc1. The normalized spacial score (nSPS) is 11.6. The van der Waals surface area contributed by atoms with Crippen molar-refractivity contribution in [1.82, 2.24) is 0 Å². The summed E-state index contributed by atoms with van der Waals surface area (Å²) in [6.07, 6.45) is 0.455. The second-order valence-corrected chi connectivity index (χ2v) is 3.58. The lowest BCUT2D eigenvalue weighted by Gasteiger charge is -2.09. The number of carbonyl (C=O) groups excluding carboxylic acids is 2. The molecule has 5 heteroatoms. The number of benzene rings is 1. The van der Waals surface area contributed by atoms with E-state index in [9.17, 15) is 9.59 Å². The van der Waals surface area contributed by atoms with Gasteiger partial charge in [-0.25, -0.2) is 0 Å². The van der Waals surface area contributed by atoms with Gasteiger partial charge >= 0.3 is 5.97 Å². The predicted octanol–water partition coefficient (Wildman–Crippen LogP) is 0.906. The van der Waals surface area contributed by atoms with Crippen LogP contribution in [0.3, 0.4) is 0 Å². The monoisotopic (exact) mass is 236 g/mol. The van der Waals surface area contributed by atoms with E-state index in [0.29, 0.717) is 0 Å². The summed E-state index contributed by atoms with van der Waals surface area (Å²) >= 11 is 0. The summed E-state index contributed by atoms with van der Waals surface area (Å²) in [4.78, 5) is 22.5. The molecule has 1 unspecified atom stereocenters. The van der Waals surface area contributed by atoms with E-state index in [1.54, 1.807) is 12.1 Å². The molecule has 0 radical (unpaired) electrons. The highest BCUT2D eigenvalue weighted by molar-refractivity contribution is 5.91. The molecule has 1 aromatic carbocycles. The number of ether oxygens (including phenoxy) is 1. The van der Waals surface area contributed by atoms with Crippen molar-refractivity contribution in [3.05, 3.63) is 30.3 Å². The van der Waals surface area contributed by atoms with Crippen molar-refractivity contribution in [2.45, 2.75) is 18.9 Å². The van der Waals surface area contributed by atoms with Gasteiger partial charge < -0.3 is 15.8 Å². The Morgan fingerprint density at radius 1 is 1.35 bits per heavy atom. The Kier molecular flexibility index (Phi) is 5.16. The van der Waals surface area contributed by atoms with E-state index in [2.05, 4.69) is 10.1 Å². The maximum absolute atomic E-state index is 11.5. The molecule has 1 aromatic rings. The standard InChI is InChI=1S/C12H16N2O3/c1-17-12(16)10(13)7-8-11(15)14-9-5-3-2-4-6-9/h2-6,10H,7-8,13H2,1H3,(H,14,15). The van der Waals surface area contributed by atoms with E-state index in [1.165, 1.54) is 7.11 Å². The fourth-order valence-electron chi connectivity index (χ4n) is 1.30. The largest absolute Gasteiger partial charge is 0.468 e. The zero-order valence-electron chi connectivity index (χ0n) is 9.68. The Bertz CT molecular complexity index is 379. The smallest absolute Gasteiger partial charge is 0.322 e. The van der Waals surface area contributed by atoms with Crippen LogP contribution in [0.15, 0.2) is 30.3 Å². The minimum atomic E-state index is -0.749. The molecule has 1 amide bonds. The maximum atomic E-state index is 11.5. The average molecular weight is 236 g/mol. The number of hydrogen-bond donors (Lipinski definition) is 2. The first-order valence-corrected chi connectivity index (χ1v) is 5.32. The molecule has 0 spiro atoms. The molecule has 0 saturated carbocycles. The third-order valence-electron chi connectivity index (χ3n) is 2.24. The number of rotatable bonds is 5. The van der Waals surface area contributed by atoms with Gasteiger partial charge in [0, 0.05) is 12.1 Å². The summed E-state index contributed by atoms with van der Waals surface area (Å²) in [5.74, 6) is -0.673. The summed E-state index contributed by atoms with van der Waals surface area (Å²) in [6.45, 7) is 0. The first-order valence-electron chi connectivity index (χ1n) is 5.32. The Labute approximate surface area is 99.9 Å². The van der Waals surface area contributed by atoms with Crippen LogP contribution in [0.4, 0.5) is 5.69 Å². The molecule has 0 fully saturated rings. The molecule has 0 aliphatic heterocycles. The van der Waals surface area contributed by atoms with Crippen LogP contribution in [-0.4, -0.2) is 25.0 Å². The molecule has 1 atom stereocenters. The Hall–Kier alpha value is -1.88. The fraction of sp³-hybridized carbons (Fsp3) is 0.333. The summed E-state index contributed by atoms with van der Waals surface area (Å²) in [7, 11) is 1.27. The van der Waals surface area contributed by atoms with Crippen molar-refractivity contribution in [1.29, 1.82) is 0 Å². The van der Waals surface area contributed by atoms with Crippen molar-refractivity contribution < 1.29 is 14.3 Å². The van der Waals surface area contributed by atoms with Gasteiger partial charge in [0.1, 0.15) is 6.04 Å². The highest BCUT2D eigenvalue weighted by Crippen LogP contribution is 2.06. The minimum Gasteiger partial charge on any atom is -0.468 e. The number of amides is 1. The minimum absolute atomic E-state index is 0.171. The summed E-state index contributed by atoms with van der Waals surface area (Å²) in [6, 6.07) is 8.35. The second-order valence-electron chi connectivity index (χ2n) is 3.58. The van der Waals surface area contributed by atoms with Crippen molar-refractivity contribution in [3.8, 4) is 0 Å². The highest BCUT2D eigenvalue weighted by Gasteiger charge is 2.15. The number of anilines is 1. The summed E-state index contributed by atoms with van der Waals surface area (Å²) in [5.41, 5.74) is 6.24. The van der Waals surface area contributed by atoms with Gasteiger partial charge in [-0.05, 0) is 18.6 Å². The van der Waals surface area contributed by atoms with E-state index in [0.717, 1.165) is 5.69 Å². The molecular weight excluding hydrogens is 220 g/mol. The lowest BCUT2D eigenvalue weighted by atomic mass is 10.1. The summed E-state index contributed by atoms with van der Waals surface area (Å²) in [5, 5.41) is 2.71. The molecular formula is C12H16N2O3. The van der Waals surface area contributed by atoms with E-state index in [1.807, 2.05) is 18.2 Å². The molecule has 5 nitrogen and oxygen atoms in total. The fourth-order valence-corrected chi connectivity index (χ4v) is 1.30. The van der Waals surface area contributed by atoms with Gasteiger partial charge in [0.05, 0.1) is 7.11 Å². The van der Waals surface area contributed by atoms with Crippen molar-refractivity contribution in [2.24, 2.45) is 5.73 Å². The molecule has 92 valence electrons. The third-order valence-corrected chi connectivity index (χ3v) is 2.24. The molecule has 0 heterocycles. The van der Waals surface area contributed by atoms with Crippen LogP contribution in [0.2, 0.25) is 0 Å². The van der Waals surface area contributed by atoms with Crippen LogP contribution >= 0.6 is 0 Å². The maximum Gasteiger partial charge on any atom is 0.322 e. The van der Waals surface area contributed by atoms with Gasteiger partial charge in [-0.15, -0.1) is 0 Å². The number of carbonyl (C=O) groups is 2. The number of hydrogen-bond acceptors (Lipinski definition) is 4. The number of para-hydroxylation sites is 1. The van der Waals surface area contributed by atoms with Gasteiger partial charge in [0.2, 0.25) is 5.91 Å². The summed E-state index contributed by atoms with van der Waals surface area (Å²) < 4.78 is 4.47. The van der Waals surface area contributed by atoms with Gasteiger partial charge in [-0.1, -0.05) is 18.2 Å². The second kappa shape index (κ2) is 6.65. The van der Waals surface area contributed by atoms with E-state index < -0.39 is 12.0 Å². The number of nitrogens with one attached hydrogen (secondary N) is 1. The number of nitrogens with two attached hydrogens (primary N) is 1. The Balaban J connectivity index is 2.33. The van der Waals surface area contributed by atoms with E-state index in [4.69, 9.17) is 5.73 Å². The Morgan fingerprint density at radius 3 is 2.59 bits per heavy atom. The van der Waals surface area contributed by atoms with E-state index >= 15 is 0 Å². The topological polar surface area (TPSA) is 81.4 Å². The number of methoxy groups -OCH3 is 1. The molecule has 0 aromatic heterocycles.